The average Bonchev–Trinajstić information content (AvgIpc) is 2.32. The van der Waals surface area contributed by atoms with Gasteiger partial charge in [-0.2, -0.15) is 0 Å². The molecule has 0 aromatic heterocycles. The van der Waals surface area contributed by atoms with Crippen LogP contribution < -0.4 is 5.32 Å². The van der Waals surface area contributed by atoms with Crippen molar-refractivity contribution in [2.45, 2.75) is 0 Å². The van der Waals surface area contributed by atoms with Crippen molar-refractivity contribution >= 4 is 23.0 Å². The van der Waals surface area contributed by atoms with Gasteiger partial charge in [0.25, 0.3) is 0 Å². The van der Waals surface area contributed by atoms with Gasteiger partial charge in [-0.05, 0) is 24.4 Å². The van der Waals surface area contributed by atoms with Crippen LogP contribution in [0.5, 0.6) is 0 Å². The number of thiocarbonyl (C=S) groups is 1. The van der Waals surface area contributed by atoms with Gasteiger partial charge in [0.2, 0.25) is 0 Å². The van der Waals surface area contributed by atoms with Crippen molar-refractivity contribution in [1.29, 1.82) is 0 Å². The number of anilines is 1. The van der Waals surface area contributed by atoms with Crippen LogP contribution in [0.15, 0.2) is 43.5 Å². The normalized spacial score (nSPS) is 9.67. The van der Waals surface area contributed by atoms with Crippen LogP contribution in [0.25, 0.3) is 0 Å². The van der Waals surface area contributed by atoms with Crippen molar-refractivity contribution in [2.24, 2.45) is 0 Å². The van der Waals surface area contributed by atoms with E-state index in [0.717, 1.165) is 6.07 Å². The van der Waals surface area contributed by atoms with Gasteiger partial charge in [0.15, 0.2) is 5.11 Å². The van der Waals surface area contributed by atoms with Gasteiger partial charge in [-0.3, -0.25) is 0 Å². The molecule has 0 bridgehead atoms. The number of nitrogens with one attached hydrogen (secondary N) is 1. The molecular weight excluding hydrogens is 254 g/mol. The summed E-state index contributed by atoms with van der Waals surface area (Å²) in [6.07, 6.45) is 3.36. The Morgan fingerprint density at radius 3 is 2.39 bits per heavy atom. The van der Waals surface area contributed by atoms with Crippen molar-refractivity contribution in [3.63, 3.8) is 0 Å². The maximum Gasteiger partial charge on any atom is 0.174 e. The van der Waals surface area contributed by atoms with E-state index in [1.165, 1.54) is 12.1 Å². The number of rotatable bonds is 5. The van der Waals surface area contributed by atoms with Crippen molar-refractivity contribution in [2.75, 3.05) is 18.4 Å². The molecule has 0 aliphatic rings. The Morgan fingerprint density at radius 1 is 1.28 bits per heavy atom. The molecule has 1 rings (SSSR count). The molecule has 0 aliphatic heterocycles. The summed E-state index contributed by atoms with van der Waals surface area (Å²) in [5, 5.41) is 3.06. The van der Waals surface area contributed by atoms with E-state index >= 15 is 0 Å². The highest BCUT2D eigenvalue weighted by atomic mass is 32.1. The van der Waals surface area contributed by atoms with E-state index < -0.39 is 11.6 Å². The summed E-state index contributed by atoms with van der Waals surface area (Å²) in [7, 11) is 0. The zero-order chi connectivity index (χ0) is 13.5. The maximum atomic E-state index is 13.4. The summed E-state index contributed by atoms with van der Waals surface area (Å²) in [5.74, 6) is -1.31. The fourth-order valence-electron chi connectivity index (χ4n) is 1.34. The van der Waals surface area contributed by atoms with Crippen LogP contribution in [-0.2, 0) is 0 Å². The number of hydrogen-bond acceptors (Lipinski definition) is 1. The molecule has 96 valence electrons. The van der Waals surface area contributed by atoms with Crippen LogP contribution in [0.4, 0.5) is 14.5 Å². The summed E-state index contributed by atoms with van der Waals surface area (Å²) in [6.45, 7) is 8.26. The quantitative estimate of drug-likeness (QED) is 0.651. The Bertz CT molecular complexity index is 450. The minimum absolute atomic E-state index is 0.138. The molecule has 5 heteroatoms. The van der Waals surface area contributed by atoms with Crippen molar-refractivity contribution in [3.05, 3.63) is 55.1 Å². The van der Waals surface area contributed by atoms with E-state index in [2.05, 4.69) is 18.5 Å². The van der Waals surface area contributed by atoms with Crippen LogP contribution in [-0.4, -0.2) is 23.1 Å². The molecule has 0 saturated heterocycles. The third kappa shape index (κ3) is 3.92. The van der Waals surface area contributed by atoms with Crippen molar-refractivity contribution < 1.29 is 8.78 Å². The predicted octanol–water partition coefficient (Wildman–Crippen LogP) is 3.34. The molecule has 0 saturated carbocycles. The van der Waals surface area contributed by atoms with E-state index in [9.17, 15) is 8.78 Å². The Balaban J connectivity index is 2.78. The topological polar surface area (TPSA) is 15.3 Å². The molecule has 0 aliphatic carbocycles. The van der Waals surface area contributed by atoms with Crippen LogP contribution in [0.1, 0.15) is 0 Å². The molecule has 0 atom stereocenters. The molecule has 2 nitrogen and oxygen atoms in total. The summed E-state index contributed by atoms with van der Waals surface area (Å²) in [6, 6.07) is 3.27. The number of nitrogens with zero attached hydrogens (tertiary/aromatic N) is 1. The largest absolute Gasteiger partial charge is 0.342 e. The highest BCUT2D eigenvalue weighted by Crippen LogP contribution is 2.15. The van der Waals surface area contributed by atoms with E-state index in [-0.39, 0.29) is 5.69 Å². The molecule has 0 fully saturated rings. The van der Waals surface area contributed by atoms with Gasteiger partial charge < -0.3 is 10.2 Å². The molecular formula is C13H14F2N2S. The first-order valence-electron chi connectivity index (χ1n) is 5.31. The maximum absolute atomic E-state index is 13.4. The molecule has 0 radical (unpaired) electrons. The average molecular weight is 268 g/mol. The highest BCUT2D eigenvalue weighted by molar-refractivity contribution is 7.80. The standard InChI is InChI=1S/C13H14F2N2S/c1-3-7-17(8-4-2)13(18)16-12-6-5-10(14)9-11(12)15/h3-6,9H,1-2,7-8H2,(H,16,18). The van der Waals surface area contributed by atoms with Crippen molar-refractivity contribution in [1.82, 2.24) is 4.90 Å². The van der Waals surface area contributed by atoms with Crippen LogP contribution in [0, 0.1) is 11.6 Å². The molecule has 18 heavy (non-hydrogen) atoms. The summed E-state index contributed by atoms with van der Waals surface area (Å²) in [4.78, 5) is 1.75. The molecule has 0 spiro atoms. The van der Waals surface area contributed by atoms with Gasteiger partial charge in [0.05, 0.1) is 5.69 Å². The molecule has 0 amide bonds. The number of halogens is 2. The Hall–Kier alpha value is -1.75. The van der Waals surface area contributed by atoms with E-state index in [1.54, 1.807) is 17.1 Å². The SMILES string of the molecule is C=CCN(CC=C)C(=S)Nc1ccc(F)cc1F. The van der Waals surface area contributed by atoms with Gasteiger partial charge in [0, 0.05) is 19.2 Å². The minimum atomic E-state index is -0.686. The lowest BCUT2D eigenvalue weighted by molar-refractivity contribution is 0.521. The van der Waals surface area contributed by atoms with E-state index in [1.807, 2.05) is 0 Å². The summed E-state index contributed by atoms with van der Waals surface area (Å²) in [5.41, 5.74) is 0.138. The van der Waals surface area contributed by atoms with Crippen molar-refractivity contribution in [3.8, 4) is 0 Å². The Morgan fingerprint density at radius 2 is 1.89 bits per heavy atom. The lowest BCUT2D eigenvalue weighted by atomic mass is 10.3. The second kappa shape index (κ2) is 6.86. The van der Waals surface area contributed by atoms with Gasteiger partial charge >= 0.3 is 0 Å². The molecule has 1 aromatic carbocycles. The second-order valence-electron chi connectivity index (χ2n) is 3.54. The summed E-state index contributed by atoms with van der Waals surface area (Å²) < 4.78 is 26.2. The van der Waals surface area contributed by atoms with Crippen LogP contribution in [0.3, 0.4) is 0 Å². The number of benzene rings is 1. The van der Waals surface area contributed by atoms with Crippen LogP contribution >= 0.6 is 12.2 Å². The monoisotopic (exact) mass is 268 g/mol. The smallest absolute Gasteiger partial charge is 0.174 e. The Kier molecular flexibility index (Phi) is 5.45. The van der Waals surface area contributed by atoms with Gasteiger partial charge in [0.1, 0.15) is 11.6 Å². The third-order valence-corrected chi connectivity index (χ3v) is 2.52. The zero-order valence-corrected chi connectivity index (χ0v) is 10.6. The van der Waals surface area contributed by atoms with E-state index in [4.69, 9.17) is 12.2 Å². The third-order valence-electron chi connectivity index (χ3n) is 2.16. The Labute approximate surface area is 111 Å². The lowest BCUT2D eigenvalue weighted by Gasteiger charge is -2.23. The van der Waals surface area contributed by atoms with Gasteiger partial charge in [-0.25, -0.2) is 8.78 Å². The first-order valence-corrected chi connectivity index (χ1v) is 5.72. The van der Waals surface area contributed by atoms with Gasteiger partial charge in [-0.15, -0.1) is 13.2 Å². The fourth-order valence-corrected chi connectivity index (χ4v) is 1.60. The van der Waals surface area contributed by atoms with Crippen LogP contribution in [0.2, 0.25) is 0 Å². The first kappa shape index (κ1) is 14.3. The first-order chi connectivity index (χ1) is 8.58. The summed E-state index contributed by atoms with van der Waals surface area (Å²) >= 11 is 5.14. The molecule has 0 unspecified atom stereocenters. The highest BCUT2D eigenvalue weighted by Gasteiger charge is 2.09. The number of hydrogen-bond donors (Lipinski definition) is 1. The molecule has 0 heterocycles. The molecule has 1 aromatic rings. The second-order valence-corrected chi connectivity index (χ2v) is 3.92. The lowest BCUT2D eigenvalue weighted by Crippen LogP contribution is -2.35. The van der Waals surface area contributed by atoms with E-state index in [0.29, 0.717) is 18.2 Å². The minimum Gasteiger partial charge on any atom is -0.342 e. The predicted molar refractivity (Wildman–Crippen MR) is 74.5 cm³/mol. The molecule has 1 N–H and O–H groups in total. The zero-order valence-electron chi connectivity index (χ0n) is 9.83. The van der Waals surface area contributed by atoms with Gasteiger partial charge in [-0.1, -0.05) is 12.2 Å². The fraction of sp³-hybridized carbons (Fsp3) is 0.154.